The molecule has 19 heavy (non-hydrogen) atoms. The highest BCUT2D eigenvalue weighted by Crippen LogP contribution is 2.28. The highest BCUT2D eigenvalue weighted by atomic mass is 79.9. The summed E-state index contributed by atoms with van der Waals surface area (Å²) in [6.45, 7) is 1.81. The predicted octanol–water partition coefficient (Wildman–Crippen LogP) is 2.20. The predicted molar refractivity (Wildman–Crippen MR) is 77.4 cm³/mol. The second kappa shape index (κ2) is 5.91. The summed E-state index contributed by atoms with van der Waals surface area (Å²) in [5, 5.41) is 9.26. The van der Waals surface area contributed by atoms with E-state index >= 15 is 0 Å². The van der Waals surface area contributed by atoms with Crippen LogP contribution < -0.4 is 4.72 Å². The number of nitrogens with one attached hydrogen (secondary N) is 1. The summed E-state index contributed by atoms with van der Waals surface area (Å²) in [5.74, 6) is 0.0298. The first-order valence-electron chi connectivity index (χ1n) is 6.33. The van der Waals surface area contributed by atoms with Crippen LogP contribution in [0, 0.1) is 12.8 Å². The van der Waals surface area contributed by atoms with E-state index in [1.54, 1.807) is 19.1 Å². The largest absolute Gasteiger partial charge is 0.396 e. The highest BCUT2D eigenvalue weighted by Gasteiger charge is 2.31. The van der Waals surface area contributed by atoms with Crippen molar-refractivity contribution in [3.63, 3.8) is 0 Å². The van der Waals surface area contributed by atoms with Gasteiger partial charge < -0.3 is 5.11 Å². The van der Waals surface area contributed by atoms with Crippen LogP contribution in [0.15, 0.2) is 27.6 Å². The van der Waals surface area contributed by atoms with Gasteiger partial charge in [0.15, 0.2) is 0 Å². The van der Waals surface area contributed by atoms with Gasteiger partial charge in [0.25, 0.3) is 0 Å². The molecule has 1 aliphatic carbocycles. The van der Waals surface area contributed by atoms with Crippen molar-refractivity contribution < 1.29 is 13.5 Å². The van der Waals surface area contributed by atoms with Crippen molar-refractivity contribution in [2.24, 2.45) is 5.92 Å². The summed E-state index contributed by atoms with van der Waals surface area (Å²) in [6, 6.07) is 5.05. The van der Waals surface area contributed by atoms with Crippen LogP contribution >= 0.6 is 15.9 Å². The maximum absolute atomic E-state index is 12.4. The van der Waals surface area contributed by atoms with Gasteiger partial charge in [-0.1, -0.05) is 28.4 Å². The Morgan fingerprint density at radius 3 is 2.84 bits per heavy atom. The Hall–Kier alpha value is -0.430. The first kappa shape index (κ1) is 15.0. The molecule has 4 nitrogen and oxygen atoms in total. The number of rotatable bonds is 4. The molecule has 0 heterocycles. The summed E-state index contributed by atoms with van der Waals surface area (Å²) >= 11 is 3.29. The van der Waals surface area contributed by atoms with E-state index in [1.165, 1.54) is 0 Å². The van der Waals surface area contributed by atoms with E-state index < -0.39 is 10.0 Å². The molecule has 2 unspecified atom stereocenters. The van der Waals surface area contributed by atoms with Crippen molar-refractivity contribution in [3.05, 3.63) is 28.2 Å². The molecule has 6 heteroatoms. The Balaban J connectivity index is 2.25. The lowest BCUT2D eigenvalue weighted by atomic mass is 10.1. The second-order valence-electron chi connectivity index (χ2n) is 5.01. The molecular formula is C13H18BrNO3S. The molecule has 106 valence electrons. The smallest absolute Gasteiger partial charge is 0.241 e. The molecule has 2 atom stereocenters. The van der Waals surface area contributed by atoms with E-state index in [0.717, 1.165) is 23.7 Å². The standard InChI is InChI=1S/C13H18BrNO3S/c1-9-5-6-11(14)7-13(9)19(17,18)15-12-4-2-3-10(12)8-16/h5-7,10,12,15-16H,2-4,8H2,1H3. The number of sulfonamides is 1. The van der Waals surface area contributed by atoms with Crippen LogP contribution in [-0.4, -0.2) is 26.2 Å². The van der Waals surface area contributed by atoms with Crippen LogP contribution in [0.3, 0.4) is 0 Å². The molecule has 0 aliphatic heterocycles. The monoisotopic (exact) mass is 347 g/mol. The molecule has 0 radical (unpaired) electrons. The minimum atomic E-state index is -3.53. The van der Waals surface area contributed by atoms with Crippen LogP contribution in [0.2, 0.25) is 0 Å². The van der Waals surface area contributed by atoms with Gasteiger partial charge in [0.05, 0.1) is 4.90 Å². The third kappa shape index (κ3) is 3.37. The third-order valence-corrected chi connectivity index (χ3v) is 5.76. The summed E-state index contributed by atoms with van der Waals surface area (Å²) in [7, 11) is -3.53. The first-order chi connectivity index (χ1) is 8.94. The minimum absolute atomic E-state index is 0.0298. The Bertz CT molecular complexity index is 559. The topological polar surface area (TPSA) is 66.4 Å². The van der Waals surface area contributed by atoms with E-state index in [-0.39, 0.29) is 18.6 Å². The van der Waals surface area contributed by atoms with Gasteiger partial charge in [0.2, 0.25) is 10.0 Å². The molecule has 0 amide bonds. The molecule has 0 spiro atoms. The van der Waals surface area contributed by atoms with Crippen LogP contribution in [0.4, 0.5) is 0 Å². The average molecular weight is 348 g/mol. The summed E-state index contributed by atoms with van der Waals surface area (Å²) < 4.78 is 28.3. The maximum Gasteiger partial charge on any atom is 0.241 e. The van der Waals surface area contributed by atoms with Crippen molar-refractivity contribution in [3.8, 4) is 0 Å². The fourth-order valence-corrected chi connectivity index (χ4v) is 4.66. The van der Waals surface area contributed by atoms with Crippen LogP contribution in [-0.2, 0) is 10.0 Å². The Labute approximate surface area is 122 Å². The zero-order valence-electron chi connectivity index (χ0n) is 10.8. The van der Waals surface area contributed by atoms with Gasteiger partial charge in [0.1, 0.15) is 0 Å². The van der Waals surface area contributed by atoms with Crippen molar-refractivity contribution in [2.75, 3.05) is 6.61 Å². The van der Waals surface area contributed by atoms with E-state index in [4.69, 9.17) is 0 Å². The Morgan fingerprint density at radius 1 is 1.42 bits per heavy atom. The summed E-state index contributed by atoms with van der Waals surface area (Å²) in [5.41, 5.74) is 0.717. The van der Waals surface area contributed by atoms with Crippen molar-refractivity contribution in [2.45, 2.75) is 37.1 Å². The van der Waals surface area contributed by atoms with Gasteiger partial charge in [-0.05, 0) is 43.4 Å². The Morgan fingerprint density at radius 2 is 2.16 bits per heavy atom. The molecular weight excluding hydrogens is 330 g/mol. The average Bonchev–Trinajstić information content (AvgIpc) is 2.78. The van der Waals surface area contributed by atoms with E-state index in [2.05, 4.69) is 20.7 Å². The number of aryl methyl sites for hydroxylation is 1. The molecule has 1 aromatic carbocycles. The zero-order chi connectivity index (χ0) is 14.0. The minimum Gasteiger partial charge on any atom is -0.396 e. The summed E-state index contributed by atoms with van der Waals surface area (Å²) in [4.78, 5) is 0.297. The number of hydrogen-bond acceptors (Lipinski definition) is 3. The molecule has 2 rings (SSSR count). The Kier molecular flexibility index (Phi) is 4.66. The lowest BCUT2D eigenvalue weighted by molar-refractivity contribution is 0.213. The van der Waals surface area contributed by atoms with Crippen molar-refractivity contribution >= 4 is 26.0 Å². The van der Waals surface area contributed by atoms with E-state index in [1.807, 2.05) is 6.07 Å². The summed E-state index contributed by atoms with van der Waals surface area (Å²) in [6.07, 6.45) is 2.62. The zero-order valence-corrected chi connectivity index (χ0v) is 13.2. The molecule has 0 aromatic heterocycles. The number of aliphatic hydroxyl groups is 1. The van der Waals surface area contributed by atoms with Crippen LogP contribution in [0.5, 0.6) is 0 Å². The fraction of sp³-hybridized carbons (Fsp3) is 0.538. The lowest BCUT2D eigenvalue weighted by Crippen LogP contribution is -2.38. The SMILES string of the molecule is Cc1ccc(Br)cc1S(=O)(=O)NC1CCCC1CO. The molecule has 1 saturated carbocycles. The van der Waals surface area contributed by atoms with Crippen LogP contribution in [0.25, 0.3) is 0 Å². The normalized spacial score (nSPS) is 23.7. The molecule has 1 aliphatic rings. The first-order valence-corrected chi connectivity index (χ1v) is 8.61. The highest BCUT2D eigenvalue weighted by molar-refractivity contribution is 9.10. The number of halogens is 1. The van der Waals surface area contributed by atoms with E-state index in [0.29, 0.717) is 10.5 Å². The quantitative estimate of drug-likeness (QED) is 0.877. The van der Waals surface area contributed by atoms with Gasteiger partial charge in [0, 0.05) is 17.1 Å². The van der Waals surface area contributed by atoms with Gasteiger partial charge in [-0.25, -0.2) is 13.1 Å². The fourth-order valence-electron chi connectivity index (χ4n) is 2.54. The molecule has 0 bridgehead atoms. The number of hydrogen-bond donors (Lipinski definition) is 2. The van der Waals surface area contributed by atoms with Crippen LogP contribution in [0.1, 0.15) is 24.8 Å². The van der Waals surface area contributed by atoms with Crippen molar-refractivity contribution in [1.82, 2.24) is 4.72 Å². The van der Waals surface area contributed by atoms with Gasteiger partial charge in [-0.2, -0.15) is 0 Å². The van der Waals surface area contributed by atoms with E-state index in [9.17, 15) is 13.5 Å². The molecule has 2 N–H and O–H groups in total. The lowest BCUT2D eigenvalue weighted by Gasteiger charge is -2.19. The van der Waals surface area contributed by atoms with Gasteiger partial charge in [-0.3, -0.25) is 0 Å². The third-order valence-electron chi connectivity index (χ3n) is 3.64. The van der Waals surface area contributed by atoms with Gasteiger partial charge in [-0.15, -0.1) is 0 Å². The molecule has 1 aromatic rings. The molecule has 1 fully saturated rings. The molecule has 0 saturated heterocycles. The second-order valence-corrected chi connectivity index (χ2v) is 7.61. The number of aliphatic hydroxyl groups excluding tert-OH is 1. The number of benzene rings is 1. The van der Waals surface area contributed by atoms with Crippen molar-refractivity contribution in [1.29, 1.82) is 0 Å². The van der Waals surface area contributed by atoms with Gasteiger partial charge >= 0.3 is 0 Å². The maximum atomic E-state index is 12.4.